The molecule has 0 bridgehead atoms. The molecule has 0 fully saturated rings. The van der Waals surface area contributed by atoms with E-state index in [4.69, 9.17) is 14.5 Å². The van der Waals surface area contributed by atoms with Crippen molar-refractivity contribution in [1.29, 1.82) is 0 Å². The molecule has 34 heavy (non-hydrogen) atoms. The smallest absolute Gasteiger partial charge is 0.356 e. The summed E-state index contributed by atoms with van der Waals surface area (Å²) < 4.78 is 26.3. The van der Waals surface area contributed by atoms with Crippen LogP contribution in [0.5, 0.6) is 5.75 Å². The predicted octanol–water partition coefficient (Wildman–Crippen LogP) is 6.23. The van der Waals surface area contributed by atoms with Crippen molar-refractivity contribution >= 4 is 27.8 Å². The molecule has 2 aromatic heterocycles. The average molecular weight is 455 g/mol. The third-order valence-corrected chi connectivity index (χ3v) is 5.85. The van der Waals surface area contributed by atoms with E-state index in [2.05, 4.69) is 4.57 Å². The lowest BCUT2D eigenvalue weighted by Gasteiger charge is -2.13. The molecule has 5 nitrogen and oxygen atoms in total. The number of para-hydroxylation sites is 1. The number of carbonyl (C=O) groups is 1. The highest BCUT2D eigenvalue weighted by molar-refractivity contribution is 6.13. The van der Waals surface area contributed by atoms with Gasteiger partial charge < -0.3 is 14.0 Å². The number of fused-ring (bicyclic) bond motifs is 3. The monoisotopic (exact) mass is 454 g/mol. The lowest BCUT2D eigenvalue weighted by atomic mass is 10.1. The van der Waals surface area contributed by atoms with Gasteiger partial charge in [0, 0.05) is 28.4 Å². The number of hydrogen-bond acceptors (Lipinski definition) is 4. The van der Waals surface area contributed by atoms with E-state index in [0.717, 1.165) is 38.7 Å². The molecule has 2 heterocycles. The number of benzene rings is 3. The van der Waals surface area contributed by atoms with E-state index in [0.29, 0.717) is 12.2 Å². The Morgan fingerprint density at radius 2 is 1.71 bits per heavy atom. The molecule has 5 rings (SSSR count). The number of halogens is 1. The van der Waals surface area contributed by atoms with E-state index < -0.39 is 5.97 Å². The first-order chi connectivity index (χ1) is 16.6. The van der Waals surface area contributed by atoms with Gasteiger partial charge in [0.2, 0.25) is 0 Å². The summed E-state index contributed by atoms with van der Waals surface area (Å²) in [5, 5.41) is 1.91. The van der Waals surface area contributed by atoms with Crippen LogP contribution in [-0.4, -0.2) is 29.2 Å². The minimum absolute atomic E-state index is 0.254. The van der Waals surface area contributed by atoms with Gasteiger partial charge in [-0.1, -0.05) is 30.3 Å². The Kier molecular flexibility index (Phi) is 5.72. The van der Waals surface area contributed by atoms with Crippen LogP contribution in [0.25, 0.3) is 33.1 Å². The van der Waals surface area contributed by atoms with Crippen LogP contribution < -0.4 is 4.74 Å². The maximum absolute atomic E-state index is 13.5. The molecule has 0 saturated heterocycles. The minimum Gasteiger partial charge on any atom is -0.497 e. The van der Waals surface area contributed by atoms with Crippen molar-refractivity contribution in [1.82, 2.24) is 9.55 Å². The zero-order chi connectivity index (χ0) is 23.7. The second-order valence-corrected chi connectivity index (χ2v) is 7.93. The summed E-state index contributed by atoms with van der Waals surface area (Å²) in [7, 11) is 1.62. The number of hydrogen-bond donors (Lipinski definition) is 0. The lowest BCUT2D eigenvalue weighted by Crippen LogP contribution is -2.09. The third kappa shape index (κ3) is 3.88. The second kappa shape index (κ2) is 8.98. The van der Waals surface area contributed by atoms with Crippen LogP contribution in [0.15, 0.2) is 78.9 Å². The molecule has 0 N–H and O–H groups in total. The molecule has 0 amide bonds. The number of methoxy groups -OCH3 is 1. The van der Waals surface area contributed by atoms with Gasteiger partial charge in [0.25, 0.3) is 0 Å². The average Bonchev–Trinajstić information content (AvgIpc) is 3.18. The van der Waals surface area contributed by atoms with Gasteiger partial charge in [-0.25, -0.2) is 14.2 Å². The Balaban J connectivity index is 1.82. The summed E-state index contributed by atoms with van der Waals surface area (Å²) >= 11 is 0. The molecule has 0 aliphatic heterocycles. The van der Waals surface area contributed by atoms with E-state index in [1.165, 1.54) is 12.1 Å². The molecule has 0 aliphatic rings. The van der Waals surface area contributed by atoms with Gasteiger partial charge in [0.1, 0.15) is 17.3 Å². The van der Waals surface area contributed by atoms with Gasteiger partial charge in [-0.05, 0) is 61.0 Å². The highest BCUT2D eigenvalue weighted by atomic mass is 19.1. The fourth-order valence-electron chi connectivity index (χ4n) is 4.27. The van der Waals surface area contributed by atoms with Gasteiger partial charge in [-0.3, -0.25) is 0 Å². The Hall–Kier alpha value is -4.19. The summed E-state index contributed by atoms with van der Waals surface area (Å²) in [6.45, 7) is 2.56. The molecule has 170 valence electrons. The molecule has 5 aromatic rings. The van der Waals surface area contributed by atoms with E-state index in [9.17, 15) is 9.18 Å². The Labute approximate surface area is 196 Å². The molecule has 0 aliphatic carbocycles. The number of esters is 1. The zero-order valence-corrected chi connectivity index (χ0v) is 18.9. The maximum atomic E-state index is 13.5. The topological polar surface area (TPSA) is 53.4 Å². The number of ether oxygens (including phenoxy) is 2. The molecule has 0 saturated carbocycles. The summed E-state index contributed by atoms with van der Waals surface area (Å²) in [6, 6.07) is 23.9. The maximum Gasteiger partial charge on any atom is 0.356 e. The standard InChI is InChI=1S/C28H23FN2O3/c1-3-34-28(32)24-16-23-22-6-4-5-7-25(22)31(17-18-8-12-20(29)13-9-18)27(23)26(30-24)19-10-14-21(33-2)15-11-19/h4-16H,3,17H2,1-2H3. The summed E-state index contributed by atoms with van der Waals surface area (Å²) in [4.78, 5) is 17.5. The van der Waals surface area contributed by atoms with Crippen LogP contribution in [0, 0.1) is 5.82 Å². The van der Waals surface area contributed by atoms with Crippen molar-refractivity contribution in [3.63, 3.8) is 0 Å². The van der Waals surface area contributed by atoms with Crippen LogP contribution in [0.1, 0.15) is 23.0 Å². The first kappa shape index (κ1) is 21.6. The van der Waals surface area contributed by atoms with Crippen LogP contribution in [0.3, 0.4) is 0 Å². The van der Waals surface area contributed by atoms with E-state index in [1.54, 1.807) is 32.2 Å². The Morgan fingerprint density at radius 1 is 0.971 bits per heavy atom. The van der Waals surface area contributed by atoms with Crippen molar-refractivity contribution in [3.8, 4) is 17.0 Å². The lowest BCUT2D eigenvalue weighted by molar-refractivity contribution is 0.0520. The Morgan fingerprint density at radius 3 is 2.41 bits per heavy atom. The SMILES string of the molecule is CCOC(=O)c1cc2c3ccccc3n(Cc3ccc(F)cc3)c2c(-c2ccc(OC)cc2)n1. The second-order valence-electron chi connectivity index (χ2n) is 7.93. The summed E-state index contributed by atoms with van der Waals surface area (Å²) in [6.07, 6.45) is 0. The first-order valence-corrected chi connectivity index (χ1v) is 11.1. The molecule has 0 radical (unpaired) electrons. The highest BCUT2D eigenvalue weighted by Crippen LogP contribution is 2.36. The van der Waals surface area contributed by atoms with E-state index >= 15 is 0 Å². The van der Waals surface area contributed by atoms with Gasteiger partial charge in [0.15, 0.2) is 0 Å². The number of rotatable bonds is 6. The van der Waals surface area contributed by atoms with Crippen molar-refractivity contribution in [3.05, 3.63) is 95.9 Å². The van der Waals surface area contributed by atoms with Crippen molar-refractivity contribution in [2.45, 2.75) is 13.5 Å². The van der Waals surface area contributed by atoms with E-state index in [1.807, 2.05) is 48.5 Å². The third-order valence-electron chi connectivity index (χ3n) is 5.85. The fourth-order valence-corrected chi connectivity index (χ4v) is 4.27. The van der Waals surface area contributed by atoms with Crippen LogP contribution in [-0.2, 0) is 11.3 Å². The largest absolute Gasteiger partial charge is 0.497 e. The van der Waals surface area contributed by atoms with Crippen molar-refractivity contribution in [2.75, 3.05) is 13.7 Å². The molecular weight excluding hydrogens is 431 g/mol. The van der Waals surface area contributed by atoms with E-state index in [-0.39, 0.29) is 18.1 Å². The van der Waals surface area contributed by atoms with Gasteiger partial charge >= 0.3 is 5.97 Å². The van der Waals surface area contributed by atoms with Crippen molar-refractivity contribution < 1.29 is 18.7 Å². The van der Waals surface area contributed by atoms with Gasteiger partial charge in [0.05, 0.1) is 24.9 Å². The van der Waals surface area contributed by atoms with Crippen LogP contribution in [0.2, 0.25) is 0 Å². The molecular formula is C28H23FN2O3. The zero-order valence-electron chi connectivity index (χ0n) is 18.9. The molecule has 0 atom stereocenters. The van der Waals surface area contributed by atoms with Crippen molar-refractivity contribution in [2.24, 2.45) is 0 Å². The van der Waals surface area contributed by atoms with Gasteiger partial charge in [-0.15, -0.1) is 0 Å². The quantitative estimate of drug-likeness (QED) is 0.286. The van der Waals surface area contributed by atoms with Crippen LogP contribution in [0.4, 0.5) is 4.39 Å². The number of carbonyl (C=O) groups excluding carboxylic acids is 1. The number of nitrogens with zero attached hydrogens (tertiary/aromatic N) is 2. The number of pyridine rings is 1. The van der Waals surface area contributed by atoms with Crippen LogP contribution >= 0.6 is 0 Å². The summed E-state index contributed by atoms with van der Waals surface area (Å²) in [5.41, 5.74) is 4.62. The Bertz CT molecular complexity index is 1490. The fraction of sp³-hybridized carbons (Fsp3) is 0.143. The number of aromatic nitrogens is 2. The predicted molar refractivity (Wildman–Crippen MR) is 131 cm³/mol. The molecule has 6 heteroatoms. The minimum atomic E-state index is -0.463. The molecule has 3 aromatic carbocycles. The molecule has 0 spiro atoms. The summed E-state index contributed by atoms with van der Waals surface area (Å²) in [5.74, 6) is -0.00596. The first-order valence-electron chi connectivity index (χ1n) is 11.1. The van der Waals surface area contributed by atoms with Gasteiger partial charge in [-0.2, -0.15) is 0 Å². The highest BCUT2D eigenvalue weighted by Gasteiger charge is 2.21. The molecule has 0 unspecified atom stereocenters. The normalized spacial score (nSPS) is 11.1.